The maximum absolute atomic E-state index is 6.14. The van der Waals surface area contributed by atoms with Crippen LogP contribution in [0, 0.1) is 0 Å². The minimum absolute atomic E-state index is 0.775. The van der Waals surface area contributed by atoms with E-state index in [4.69, 9.17) is 8.83 Å². The normalized spacial score (nSPS) is 11.6. The summed E-state index contributed by atoms with van der Waals surface area (Å²) in [5.41, 5.74) is 11.8. The van der Waals surface area contributed by atoms with Crippen LogP contribution in [-0.2, 0) is 0 Å². The van der Waals surface area contributed by atoms with Gasteiger partial charge in [-0.3, -0.25) is 9.97 Å². The first-order valence-electron chi connectivity index (χ1n) is 16.6. The van der Waals surface area contributed by atoms with Crippen LogP contribution in [0.1, 0.15) is 0 Å². The third-order valence-corrected chi connectivity index (χ3v) is 9.32. The van der Waals surface area contributed by atoms with E-state index < -0.39 is 0 Å². The lowest BCUT2D eigenvalue weighted by molar-refractivity contribution is 0.631. The number of furan rings is 2. The maximum atomic E-state index is 6.14. The fourth-order valence-electron chi connectivity index (χ4n) is 6.98. The fourth-order valence-corrected chi connectivity index (χ4v) is 6.98. The second kappa shape index (κ2) is 11.4. The number of para-hydroxylation sites is 2. The van der Waals surface area contributed by atoms with Crippen LogP contribution in [0.2, 0.25) is 0 Å². The Labute approximate surface area is 287 Å². The van der Waals surface area contributed by atoms with E-state index in [0.29, 0.717) is 0 Å². The summed E-state index contributed by atoms with van der Waals surface area (Å²) >= 11 is 0. The molecule has 0 radical (unpaired) electrons. The van der Waals surface area contributed by atoms with Gasteiger partial charge in [0.15, 0.2) is 11.2 Å². The molecule has 0 aliphatic carbocycles. The van der Waals surface area contributed by atoms with Crippen molar-refractivity contribution in [3.63, 3.8) is 0 Å². The lowest BCUT2D eigenvalue weighted by Gasteiger charge is -2.26. The van der Waals surface area contributed by atoms with E-state index in [1.165, 1.54) is 16.3 Å². The number of benzene rings is 5. The molecule has 0 saturated heterocycles. The Kier molecular flexibility index (Phi) is 6.39. The predicted octanol–water partition coefficient (Wildman–Crippen LogP) is 11.9. The van der Waals surface area contributed by atoms with Gasteiger partial charge >= 0.3 is 0 Å². The number of nitrogens with zero attached hydrogens (tertiary/aromatic N) is 4. The Morgan fingerprint density at radius 3 is 1.58 bits per heavy atom. The van der Waals surface area contributed by atoms with Crippen molar-refractivity contribution in [1.29, 1.82) is 0 Å². The summed E-state index contributed by atoms with van der Waals surface area (Å²) in [6, 6.07) is 54.6. The molecule has 10 rings (SSSR count). The van der Waals surface area contributed by atoms with Crippen LogP contribution in [0.15, 0.2) is 179 Å². The highest BCUT2D eigenvalue weighted by Crippen LogP contribution is 2.41. The minimum atomic E-state index is 0.775. The molecule has 0 aliphatic heterocycles. The van der Waals surface area contributed by atoms with E-state index in [2.05, 4.69) is 141 Å². The van der Waals surface area contributed by atoms with E-state index in [1.54, 1.807) is 12.4 Å². The van der Waals surface area contributed by atoms with Crippen molar-refractivity contribution in [1.82, 2.24) is 14.5 Å². The number of hydrogen-bond donors (Lipinski definition) is 0. The SMILES string of the molecule is c1ccc(-n2c3ccccc3c3cc(N(c4ccc(-c5cc6ncccc6o5)cc4)c4ccc(-c5cc6ncccc6o5)cc4)ccc32)cc1. The molecule has 5 aromatic heterocycles. The van der Waals surface area contributed by atoms with Gasteiger partial charge < -0.3 is 18.3 Å². The van der Waals surface area contributed by atoms with E-state index in [9.17, 15) is 0 Å². The molecule has 5 heterocycles. The van der Waals surface area contributed by atoms with Crippen LogP contribution < -0.4 is 4.90 Å². The quantitative estimate of drug-likeness (QED) is 0.180. The van der Waals surface area contributed by atoms with Crippen molar-refractivity contribution in [2.75, 3.05) is 4.90 Å². The second-order valence-corrected chi connectivity index (χ2v) is 12.3. The number of aromatic nitrogens is 3. The summed E-state index contributed by atoms with van der Waals surface area (Å²) in [6.45, 7) is 0. The highest BCUT2D eigenvalue weighted by Gasteiger charge is 2.18. The van der Waals surface area contributed by atoms with E-state index in [-0.39, 0.29) is 0 Å². The van der Waals surface area contributed by atoms with Crippen molar-refractivity contribution in [2.24, 2.45) is 0 Å². The Bertz CT molecular complexity index is 2630. The summed E-state index contributed by atoms with van der Waals surface area (Å²) < 4.78 is 14.6. The summed E-state index contributed by atoms with van der Waals surface area (Å²) in [5.74, 6) is 1.58. The van der Waals surface area contributed by atoms with E-state index in [0.717, 1.165) is 73.1 Å². The van der Waals surface area contributed by atoms with Gasteiger partial charge in [0.1, 0.15) is 22.6 Å². The van der Waals surface area contributed by atoms with E-state index >= 15 is 0 Å². The first-order chi connectivity index (χ1) is 24.8. The number of rotatable bonds is 6. The predicted molar refractivity (Wildman–Crippen MR) is 201 cm³/mol. The Balaban J connectivity index is 1.11. The highest BCUT2D eigenvalue weighted by molar-refractivity contribution is 6.10. The van der Waals surface area contributed by atoms with Crippen LogP contribution in [0.5, 0.6) is 0 Å². The van der Waals surface area contributed by atoms with Crippen LogP contribution in [0.3, 0.4) is 0 Å². The third-order valence-electron chi connectivity index (χ3n) is 9.32. The molecule has 0 N–H and O–H groups in total. The van der Waals surface area contributed by atoms with Crippen molar-refractivity contribution >= 4 is 61.1 Å². The van der Waals surface area contributed by atoms with Gasteiger partial charge in [0.2, 0.25) is 0 Å². The number of anilines is 3. The molecule has 6 heteroatoms. The molecule has 0 fully saturated rings. The van der Waals surface area contributed by atoms with Crippen LogP contribution >= 0.6 is 0 Å². The van der Waals surface area contributed by atoms with Gasteiger partial charge in [0.25, 0.3) is 0 Å². The van der Waals surface area contributed by atoms with Crippen LogP contribution in [0.4, 0.5) is 17.1 Å². The first-order valence-corrected chi connectivity index (χ1v) is 16.6. The zero-order valence-electron chi connectivity index (χ0n) is 26.8. The Hall–Kier alpha value is -6.92. The van der Waals surface area contributed by atoms with Gasteiger partial charge in [-0.25, -0.2) is 0 Å². The van der Waals surface area contributed by atoms with Crippen LogP contribution in [-0.4, -0.2) is 14.5 Å². The third kappa shape index (κ3) is 4.65. The monoisotopic (exact) mass is 644 g/mol. The molecule has 5 aromatic carbocycles. The Morgan fingerprint density at radius 1 is 0.440 bits per heavy atom. The van der Waals surface area contributed by atoms with Crippen molar-refractivity contribution < 1.29 is 8.83 Å². The fraction of sp³-hybridized carbons (Fsp3) is 0. The molecule has 236 valence electrons. The number of fused-ring (bicyclic) bond motifs is 5. The topological polar surface area (TPSA) is 60.2 Å². The van der Waals surface area contributed by atoms with E-state index in [1.807, 2.05) is 36.4 Å². The van der Waals surface area contributed by atoms with Gasteiger partial charge in [-0.1, -0.05) is 36.4 Å². The summed E-state index contributed by atoms with van der Waals surface area (Å²) in [4.78, 5) is 11.2. The maximum Gasteiger partial charge on any atom is 0.153 e. The molecule has 0 atom stereocenters. The number of pyridine rings is 2. The largest absolute Gasteiger partial charge is 0.454 e. The summed E-state index contributed by atoms with van der Waals surface area (Å²) in [6.07, 6.45) is 3.57. The molecular weight excluding hydrogens is 617 g/mol. The second-order valence-electron chi connectivity index (χ2n) is 12.3. The molecule has 6 nitrogen and oxygen atoms in total. The van der Waals surface area contributed by atoms with Crippen molar-refractivity contribution in [2.45, 2.75) is 0 Å². The molecule has 0 aliphatic rings. The van der Waals surface area contributed by atoms with Crippen molar-refractivity contribution in [3.8, 4) is 28.3 Å². The highest BCUT2D eigenvalue weighted by atomic mass is 16.3. The molecule has 0 saturated carbocycles. The van der Waals surface area contributed by atoms with Gasteiger partial charge in [-0.05, 0) is 109 Å². The molecule has 0 amide bonds. The molecule has 10 aromatic rings. The summed E-state index contributed by atoms with van der Waals surface area (Å²) in [7, 11) is 0. The molecule has 0 unspecified atom stereocenters. The standard InChI is InChI=1S/C44H28N4O2/c1-2-8-31(9-3-1)48-39-11-5-4-10-35(39)36-26-34(22-23-40(36)48)47(32-18-14-29(15-19-32)43-27-37-41(49-43)12-6-24-45-37)33-20-16-30(17-21-33)44-28-38-42(50-44)13-7-25-46-38/h1-28H. The van der Waals surface area contributed by atoms with Gasteiger partial charge in [0, 0.05) is 69.2 Å². The average Bonchev–Trinajstić information content (AvgIpc) is 3.90. The Morgan fingerprint density at radius 2 is 0.980 bits per heavy atom. The van der Waals surface area contributed by atoms with Crippen LogP contribution in [0.25, 0.3) is 72.3 Å². The summed E-state index contributed by atoms with van der Waals surface area (Å²) in [5, 5.41) is 2.39. The van der Waals surface area contributed by atoms with Gasteiger partial charge in [0.05, 0.1) is 11.0 Å². The van der Waals surface area contributed by atoms with Crippen molar-refractivity contribution in [3.05, 3.63) is 170 Å². The van der Waals surface area contributed by atoms with Gasteiger partial charge in [-0.15, -0.1) is 0 Å². The zero-order chi connectivity index (χ0) is 33.0. The minimum Gasteiger partial charge on any atom is -0.454 e. The lowest BCUT2D eigenvalue weighted by Crippen LogP contribution is -2.09. The molecule has 50 heavy (non-hydrogen) atoms. The molecule has 0 spiro atoms. The molecule has 0 bridgehead atoms. The van der Waals surface area contributed by atoms with Gasteiger partial charge in [-0.2, -0.15) is 0 Å². The number of hydrogen-bond acceptors (Lipinski definition) is 5. The first kappa shape index (κ1) is 28.1. The molecular formula is C44H28N4O2. The average molecular weight is 645 g/mol. The smallest absolute Gasteiger partial charge is 0.153 e. The zero-order valence-corrected chi connectivity index (χ0v) is 26.8. The lowest BCUT2D eigenvalue weighted by atomic mass is 10.1.